The second-order valence-electron chi connectivity index (χ2n) is 7.04. The number of carbonyl (C=O) groups excluding carboxylic acids is 2. The van der Waals surface area contributed by atoms with Crippen LogP contribution in [0.5, 0.6) is 0 Å². The monoisotopic (exact) mass is 384 g/mol. The van der Waals surface area contributed by atoms with Gasteiger partial charge in [-0.2, -0.15) is 0 Å². The predicted octanol–water partition coefficient (Wildman–Crippen LogP) is 2.45. The fourth-order valence-electron chi connectivity index (χ4n) is 3.67. The molecule has 7 heteroatoms. The van der Waals surface area contributed by atoms with Gasteiger partial charge >= 0.3 is 0 Å². The normalized spacial score (nSPS) is 16.5. The minimum absolute atomic E-state index is 0.0797. The van der Waals surface area contributed by atoms with Crippen molar-refractivity contribution in [3.8, 4) is 0 Å². The highest BCUT2D eigenvalue weighted by molar-refractivity contribution is 7.17. The molecule has 2 amide bonds. The van der Waals surface area contributed by atoms with Crippen LogP contribution in [-0.2, 0) is 17.8 Å². The molecule has 0 bridgehead atoms. The molecule has 142 valence electrons. The highest BCUT2D eigenvalue weighted by Gasteiger charge is 2.21. The van der Waals surface area contributed by atoms with Crippen LogP contribution in [0.3, 0.4) is 0 Å². The lowest BCUT2D eigenvalue weighted by Crippen LogP contribution is -2.30. The van der Waals surface area contributed by atoms with Gasteiger partial charge in [0, 0.05) is 39.1 Å². The third-order valence-corrected chi connectivity index (χ3v) is 6.24. The molecule has 3 heterocycles. The van der Waals surface area contributed by atoms with Gasteiger partial charge in [-0.3, -0.25) is 9.59 Å². The molecule has 0 aliphatic carbocycles. The Morgan fingerprint density at radius 2 is 2.04 bits per heavy atom. The van der Waals surface area contributed by atoms with Crippen LogP contribution >= 0.6 is 11.3 Å². The second kappa shape index (κ2) is 8.08. The Bertz CT molecular complexity index is 835. The Morgan fingerprint density at radius 3 is 2.85 bits per heavy atom. The maximum absolute atomic E-state index is 12.4. The second-order valence-corrected chi connectivity index (χ2v) is 8.05. The lowest BCUT2D eigenvalue weighted by molar-refractivity contribution is -0.127. The van der Waals surface area contributed by atoms with Crippen molar-refractivity contribution in [1.82, 2.24) is 15.2 Å². The van der Waals surface area contributed by atoms with Crippen molar-refractivity contribution >= 4 is 28.3 Å². The van der Waals surface area contributed by atoms with Gasteiger partial charge in [-0.15, -0.1) is 0 Å². The van der Waals surface area contributed by atoms with Gasteiger partial charge in [-0.05, 0) is 30.4 Å². The molecule has 0 unspecified atom stereocenters. The Labute approximate surface area is 163 Å². The number of hydrogen-bond donors (Lipinski definition) is 1. The van der Waals surface area contributed by atoms with Crippen molar-refractivity contribution in [2.24, 2.45) is 0 Å². The van der Waals surface area contributed by atoms with Gasteiger partial charge in [0.25, 0.3) is 5.91 Å². The number of aromatic nitrogens is 1. The van der Waals surface area contributed by atoms with Gasteiger partial charge in [0.05, 0.1) is 6.20 Å². The summed E-state index contributed by atoms with van der Waals surface area (Å²) in [6.45, 7) is 3.92. The summed E-state index contributed by atoms with van der Waals surface area (Å²) in [4.78, 5) is 33.2. The summed E-state index contributed by atoms with van der Waals surface area (Å²) in [5.74, 6) is 0.153. The molecule has 2 aromatic rings. The summed E-state index contributed by atoms with van der Waals surface area (Å²) in [6, 6.07) is 8.50. The van der Waals surface area contributed by atoms with Gasteiger partial charge in [0.1, 0.15) is 4.88 Å². The van der Waals surface area contributed by atoms with Crippen molar-refractivity contribution in [1.29, 1.82) is 0 Å². The summed E-state index contributed by atoms with van der Waals surface area (Å²) in [6.07, 6.45) is 5.07. The standard InChI is InChI=1S/C20H24N4O2S/c25-18-7-3-10-23(18)11-4-9-21-19(26)17-13-22-20(27-17)24-12-8-15-5-1-2-6-16(15)14-24/h1-2,5-6,13H,3-4,7-12,14H2,(H,21,26). The van der Waals surface area contributed by atoms with Crippen molar-refractivity contribution in [2.75, 3.05) is 31.1 Å². The zero-order chi connectivity index (χ0) is 18.6. The van der Waals surface area contributed by atoms with E-state index < -0.39 is 0 Å². The van der Waals surface area contributed by atoms with Crippen LogP contribution in [0.1, 0.15) is 40.1 Å². The first-order valence-corrected chi connectivity index (χ1v) is 10.4. The summed E-state index contributed by atoms with van der Waals surface area (Å²) < 4.78 is 0. The third-order valence-electron chi connectivity index (χ3n) is 5.18. The number of nitrogens with zero attached hydrogens (tertiary/aromatic N) is 3. The van der Waals surface area contributed by atoms with Crippen LogP contribution in [0.2, 0.25) is 0 Å². The van der Waals surface area contributed by atoms with Gasteiger partial charge in [-0.25, -0.2) is 4.98 Å². The maximum Gasteiger partial charge on any atom is 0.263 e. The molecule has 1 saturated heterocycles. The summed E-state index contributed by atoms with van der Waals surface area (Å²) >= 11 is 1.44. The van der Waals surface area contributed by atoms with Crippen molar-refractivity contribution in [3.63, 3.8) is 0 Å². The summed E-state index contributed by atoms with van der Waals surface area (Å²) in [5, 5.41) is 3.84. The van der Waals surface area contributed by atoms with Crippen LogP contribution in [0.15, 0.2) is 30.5 Å². The molecule has 0 radical (unpaired) electrons. The lowest BCUT2D eigenvalue weighted by atomic mass is 10.0. The van der Waals surface area contributed by atoms with Crippen LogP contribution in [0.25, 0.3) is 0 Å². The number of amides is 2. The fraction of sp³-hybridized carbons (Fsp3) is 0.450. The highest BCUT2D eigenvalue weighted by atomic mass is 32.1. The molecule has 1 aromatic heterocycles. The Balaban J connectivity index is 1.27. The molecule has 27 heavy (non-hydrogen) atoms. The van der Waals surface area contributed by atoms with E-state index in [1.807, 2.05) is 4.90 Å². The topological polar surface area (TPSA) is 65.5 Å². The number of hydrogen-bond acceptors (Lipinski definition) is 5. The SMILES string of the molecule is O=C(NCCCN1CCCC1=O)c1cnc(N2CCc3ccccc3C2)s1. The van der Waals surface area contributed by atoms with Crippen molar-refractivity contribution < 1.29 is 9.59 Å². The minimum Gasteiger partial charge on any atom is -0.351 e. The van der Waals surface area contributed by atoms with Crippen LogP contribution in [-0.4, -0.2) is 47.9 Å². The van der Waals surface area contributed by atoms with Gasteiger partial charge < -0.3 is 15.1 Å². The minimum atomic E-state index is -0.0797. The average Bonchev–Trinajstić information content (AvgIpc) is 3.34. The van der Waals surface area contributed by atoms with E-state index in [-0.39, 0.29) is 11.8 Å². The maximum atomic E-state index is 12.4. The number of benzene rings is 1. The van der Waals surface area contributed by atoms with Crippen molar-refractivity contribution in [3.05, 3.63) is 46.5 Å². The molecule has 2 aliphatic rings. The zero-order valence-electron chi connectivity index (χ0n) is 15.3. The highest BCUT2D eigenvalue weighted by Crippen LogP contribution is 2.28. The molecule has 1 fully saturated rings. The molecular weight excluding hydrogens is 360 g/mol. The van der Waals surface area contributed by atoms with Crippen LogP contribution in [0.4, 0.5) is 5.13 Å². The molecule has 2 aliphatic heterocycles. The molecule has 0 saturated carbocycles. The van der Waals surface area contributed by atoms with Crippen LogP contribution in [0, 0.1) is 0 Å². The smallest absolute Gasteiger partial charge is 0.263 e. The number of likely N-dealkylation sites (tertiary alicyclic amines) is 1. The quantitative estimate of drug-likeness (QED) is 0.777. The van der Waals surface area contributed by atoms with E-state index in [4.69, 9.17) is 0 Å². The van der Waals surface area contributed by atoms with Crippen molar-refractivity contribution in [2.45, 2.75) is 32.2 Å². The van der Waals surface area contributed by atoms with Gasteiger partial charge in [0.15, 0.2) is 5.13 Å². The first-order chi connectivity index (χ1) is 13.2. The molecule has 0 atom stereocenters. The summed E-state index contributed by atoms with van der Waals surface area (Å²) in [5.41, 5.74) is 2.74. The molecule has 1 N–H and O–H groups in total. The Hall–Kier alpha value is -2.41. The number of anilines is 1. The number of rotatable bonds is 6. The van der Waals surface area contributed by atoms with Crippen LogP contribution < -0.4 is 10.2 Å². The number of fused-ring (bicyclic) bond motifs is 1. The summed E-state index contributed by atoms with van der Waals surface area (Å²) in [7, 11) is 0. The van der Waals surface area contributed by atoms with E-state index in [9.17, 15) is 9.59 Å². The molecular formula is C20H24N4O2S. The Kier molecular flexibility index (Phi) is 5.38. The van der Waals surface area contributed by atoms with E-state index in [1.165, 1.54) is 22.5 Å². The fourth-order valence-corrected chi connectivity index (χ4v) is 4.53. The molecule has 1 aromatic carbocycles. The van der Waals surface area contributed by atoms with E-state index in [0.29, 0.717) is 17.8 Å². The largest absolute Gasteiger partial charge is 0.351 e. The van der Waals surface area contributed by atoms with Gasteiger partial charge in [0.2, 0.25) is 5.91 Å². The predicted molar refractivity (Wildman–Crippen MR) is 106 cm³/mol. The average molecular weight is 385 g/mol. The van der Waals surface area contributed by atoms with Gasteiger partial charge in [-0.1, -0.05) is 35.6 Å². The van der Waals surface area contributed by atoms with E-state index in [0.717, 1.165) is 50.6 Å². The molecule has 0 spiro atoms. The molecule has 4 rings (SSSR count). The molecule has 6 nitrogen and oxygen atoms in total. The third kappa shape index (κ3) is 4.13. The van der Waals surface area contributed by atoms with E-state index >= 15 is 0 Å². The lowest BCUT2D eigenvalue weighted by Gasteiger charge is -2.28. The van der Waals surface area contributed by atoms with E-state index in [1.54, 1.807) is 6.20 Å². The first kappa shape index (κ1) is 18.0. The number of carbonyl (C=O) groups is 2. The zero-order valence-corrected chi connectivity index (χ0v) is 16.1. The number of nitrogens with one attached hydrogen (secondary N) is 1. The van der Waals surface area contributed by atoms with E-state index in [2.05, 4.69) is 39.5 Å². The Morgan fingerprint density at radius 1 is 1.19 bits per heavy atom. The number of thiazole rings is 1. The first-order valence-electron chi connectivity index (χ1n) is 9.54.